The lowest BCUT2D eigenvalue weighted by molar-refractivity contribution is -0.384. The summed E-state index contributed by atoms with van der Waals surface area (Å²) in [5, 5.41) is 14.2. The van der Waals surface area contributed by atoms with Gasteiger partial charge < -0.3 is 5.32 Å². The Labute approximate surface area is 113 Å². The van der Waals surface area contributed by atoms with Crippen LogP contribution in [0.1, 0.15) is 32.3 Å². The predicted octanol–water partition coefficient (Wildman–Crippen LogP) is 3.01. The highest BCUT2D eigenvalue weighted by atomic mass is 16.6. The van der Waals surface area contributed by atoms with Crippen molar-refractivity contribution in [1.82, 2.24) is 4.90 Å². The molecule has 0 unspecified atom stereocenters. The Kier molecular flexibility index (Phi) is 4.37. The SMILES string of the molecule is CCNc1c(CN(CC)C2CC2)cccc1[N+](=O)[O-]. The van der Waals surface area contributed by atoms with Crippen LogP contribution in [0.25, 0.3) is 0 Å². The fourth-order valence-corrected chi connectivity index (χ4v) is 2.41. The standard InChI is InChI=1S/C14H21N3O2/c1-3-15-14-11(6-5-7-13(14)17(18)19)10-16(4-2)12-8-9-12/h5-7,12,15H,3-4,8-10H2,1-2H3. The second-order valence-electron chi connectivity index (χ2n) is 4.89. The second kappa shape index (κ2) is 6.02. The molecule has 0 aliphatic heterocycles. The van der Waals surface area contributed by atoms with E-state index < -0.39 is 0 Å². The van der Waals surface area contributed by atoms with E-state index in [4.69, 9.17) is 0 Å². The summed E-state index contributed by atoms with van der Waals surface area (Å²) in [5.74, 6) is 0. The third-order valence-corrected chi connectivity index (χ3v) is 3.52. The number of nitrogens with one attached hydrogen (secondary N) is 1. The Hall–Kier alpha value is -1.62. The van der Waals surface area contributed by atoms with Crippen molar-refractivity contribution in [1.29, 1.82) is 0 Å². The van der Waals surface area contributed by atoms with E-state index in [9.17, 15) is 10.1 Å². The molecular formula is C14H21N3O2. The second-order valence-corrected chi connectivity index (χ2v) is 4.89. The van der Waals surface area contributed by atoms with Crippen molar-refractivity contribution in [3.05, 3.63) is 33.9 Å². The first-order valence-electron chi connectivity index (χ1n) is 6.91. The first-order chi connectivity index (χ1) is 9.17. The smallest absolute Gasteiger partial charge is 0.292 e. The Morgan fingerprint density at radius 2 is 2.16 bits per heavy atom. The van der Waals surface area contributed by atoms with E-state index in [0.29, 0.717) is 18.3 Å². The maximum absolute atomic E-state index is 11.1. The minimum atomic E-state index is -0.311. The van der Waals surface area contributed by atoms with Gasteiger partial charge in [-0.25, -0.2) is 0 Å². The maximum atomic E-state index is 11.1. The number of nitro groups is 1. The molecule has 0 heterocycles. The first kappa shape index (κ1) is 13.8. The third kappa shape index (κ3) is 3.23. The van der Waals surface area contributed by atoms with Gasteiger partial charge in [-0.3, -0.25) is 15.0 Å². The monoisotopic (exact) mass is 263 g/mol. The Balaban J connectivity index is 2.27. The molecule has 0 radical (unpaired) electrons. The summed E-state index contributed by atoms with van der Waals surface area (Å²) in [7, 11) is 0. The lowest BCUT2D eigenvalue weighted by Crippen LogP contribution is -2.25. The van der Waals surface area contributed by atoms with Crippen molar-refractivity contribution in [2.24, 2.45) is 0 Å². The molecule has 0 aromatic heterocycles. The zero-order valence-corrected chi connectivity index (χ0v) is 11.6. The lowest BCUT2D eigenvalue weighted by atomic mass is 10.1. The van der Waals surface area contributed by atoms with Gasteiger partial charge in [-0.1, -0.05) is 19.1 Å². The largest absolute Gasteiger partial charge is 0.380 e. The van der Waals surface area contributed by atoms with Gasteiger partial charge in [0.15, 0.2) is 0 Å². The van der Waals surface area contributed by atoms with Crippen molar-refractivity contribution >= 4 is 11.4 Å². The number of hydrogen-bond acceptors (Lipinski definition) is 4. The van der Waals surface area contributed by atoms with E-state index in [0.717, 1.165) is 18.7 Å². The number of para-hydroxylation sites is 1. The molecule has 1 aromatic carbocycles. The summed E-state index contributed by atoms with van der Waals surface area (Å²) >= 11 is 0. The average Bonchev–Trinajstić information content (AvgIpc) is 3.21. The van der Waals surface area contributed by atoms with E-state index >= 15 is 0 Å². The molecule has 5 heteroatoms. The number of rotatable bonds is 7. The van der Waals surface area contributed by atoms with Crippen molar-refractivity contribution < 1.29 is 4.92 Å². The van der Waals surface area contributed by atoms with E-state index in [1.807, 2.05) is 13.0 Å². The van der Waals surface area contributed by atoms with Gasteiger partial charge in [0.2, 0.25) is 0 Å². The summed E-state index contributed by atoms with van der Waals surface area (Å²) in [6.45, 7) is 6.55. The molecule has 0 bridgehead atoms. The molecule has 0 atom stereocenters. The molecule has 1 fully saturated rings. The van der Waals surface area contributed by atoms with Crippen LogP contribution in [0, 0.1) is 10.1 Å². The molecule has 5 nitrogen and oxygen atoms in total. The van der Waals surface area contributed by atoms with Crippen LogP contribution in [0.2, 0.25) is 0 Å². The number of hydrogen-bond donors (Lipinski definition) is 1. The van der Waals surface area contributed by atoms with Crippen LogP contribution in [-0.2, 0) is 6.54 Å². The average molecular weight is 263 g/mol. The van der Waals surface area contributed by atoms with Crippen molar-refractivity contribution in [2.45, 2.75) is 39.3 Å². The lowest BCUT2D eigenvalue weighted by Gasteiger charge is -2.21. The summed E-state index contributed by atoms with van der Waals surface area (Å²) in [5.41, 5.74) is 1.87. The summed E-state index contributed by atoms with van der Waals surface area (Å²) in [4.78, 5) is 13.2. The molecular weight excluding hydrogens is 242 g/mol. The molecule has 0 amide bonds. The molecule has 0 saturated heterocycles. The number of anilines is 1. The highest BCUT2D eigenvalue weighted by Gasteiger charge is 2.29. The minimum Gasteiger partial charge on any atom is -0.380 e. The number of nitrogens with zero attached hydrogens (tertiary/aromatic N) is 2. The Bertz CT molecular complexity index is 458. The van der Waals surface area contributed by atoms with Crippen LogP contribution < -0.4 is 5.32 Å². The molecule has 0 spiro atoms. The summed E-state index contributed by atoms with van der Waals surface area (Å²) < 4.78 is 0. The van der Waals surface area contributed by atoms with Gasteiger partial charge in [-0.15, -0.1) is 0 Å². The number of benzene rings is 1. The molecule has 1 aliphatic carbocycles. The van der Waals surface area contributed by atoms with Crippen LogP contribution in [0.4, 0.5) is 11.4 Å². The van der Waals surface area contributed by atoms with Gasteiger partial charge in [-0.2, -0.15) is 0 Å². The zero-order chi connectivity index (χ0) is 13.8. The van der Waals surface area contributed by atoms with Gasteiger partial charge in [-0.05, 0) is 31.9 Å². The van der Waals surface area contributed by atoms with Crippen LogP contribution in [0.5, 0.6) is 0 Å². The molecule has 19 heavy (non-hydrogen) atoms. The van der Waals surface area contributed by atoms with E-state index in [-0.39, 0.29) is 10.6 Å². The van der Waals surface area contributed by atoms with Gasteiger partial charge in [0, 0.05) is 25.2 Å². The van der Waals surface area contributed by atoms with E-state index in [1.165, 1.54) is 12.8 Å². The van der Waals surface area contributed by atoms with Crippen LogP contribution >= 0.6 is 0 Å². The highest BCUT2D eigenvalue weighted by molar-refractivity contribution is 5.66. The van der Waals surface area contributed by atoms with Gasteiger partial charge in [0.05, 0.1) is 4.92 Å². The molecule has 2 rings (SSSR count). The molecule has 104 valence electrons. The topological polar surface area (TPSA) is 58.4 Å². The summed E-state index contributed by atoms with van der Waals surface area (Å²) in [6, 6.07) is 5.98. The van der Waals surface area contributed by atoms with Crippen molar-refractivity contribution in [3.8, 4) is 0 Å². The zero-order valence-electron chi connectivity index (χ0n) is 11.6. The predicted molar refractivity (Wildman–Crippen MR) is 76.4 cm³/mol. The van der Waals surface area contributed by atoms with Crippen molar-refractivity contribution in [2.75, 3.05) is 18.4 Å². The molecule has 1 N–H and O–H groups in total. The molecule has 1 aromatic rings. The van der Waals surface area contributed by atoms with Gasteiger partial charge in [0.1, 0.15) is 5.69 Å². The highest BCUT2D eigenvalue weighted by Crippen LogP contribution is 2.32. The third-order valence-electron chi connectivity index (χ3n) is 3.52. The molecule has 1 saturated carbocycles. The number of nitro benzene ring substituents is 1. The van der Waals surface area contributed by atoms with Crippen molar-refractivity contribution in [3.63, 3.8) is 0 Å². The Morgan fingerprint density at radius 1 is 1.42 bits per heavy atom. The summed E-state index contributed by atoms with van der Waals surface area (Å²) in [6.07, 6.45) is 2.50. The van der Waals surface area contributed by atoms with Crippen LogP contribution in [0.3, 0.4) is 0 Å². The fraction of sp³-hybridized carbons (Fsp3) is 0.571. The maximum Gasteiger partial charge on any atom is 0.292 e. The normalized spacial score (nSPS) is 14.7. The quantitative estimate of drug-likeness (QED) is 0.607. The fourth-order valence-electron chi connectivity index (χ4n) is 2.41. The van der Waals surface area contributed by atoms with Gasteiger partial charge >= 0.3 is 0 Å². The molecule has 1 aliphatic rings. The Morgan fingerprint density at radius 3 is 2.68 bits per heavy atom. The van der Waals surface area contributed by atoms with Crippen LogP contribution in [-0.4, -0.2) is 29.0 Å². The van der Waals surface area contributed by atoms with Crippen LogP contribution in [0.15, 0.2) is 18.2 Å². The van der Waals surface area contributed by atoms with E-state index in [1.54, 1.807) is 12.1 Å². The first-order valence-corrected chi connectivity index (χ1v) is 6.91. The minimum absolute atomic E-state index is 0.172. The van der Waals surface area contributed by atoms with Gasteiger partial charge in [0.25, 0.3) is 5.69 Å². The van der Waals surface area contributed by atoms with E-state index in [2.05, 4.69) is 17.1 Å².